The summed E-state index contributed by atoms with van der Waals surface area (Å²) in [6.07, 6.45) is 3.58. The van der Waals surface area contributed by atoms with E-state index in [9.17, 15) is 9.90 Å². The van der Waals surface area contributed by atoms with Gasteiger partial charge in [0.15, 0.2) is 0 Å². The summed E-state index contributed by atoms with van der Waals surface area (Å²) in [7, 11) is 0. The van der Waals surface area contributed by atoms with Crippen LogP contribution in [-0.4, -0.2) is 37.2 Å². The lowest BCUT2D eigenvalue weighted by molar-refractivity contribution is -0.140. The van der Waals surface area contributed by atoms with Crippen LogP contribution in [-0.2, 0) is 9.53 Å². The van der Waals surface area contributed by atoms with Crippen LogP contribution in [0.1, 0.15) is 67.7 Å². The number of aliphatic carboxylic acids is 1. The molecule has 10 unspecified atom stereocenters. The number of alkyl halides is 2. The van der Waals surface area contributed by atoms with Crippen molar-refractivity contribution in [1.82, 2.24) is 0 Å². The molecule has 30 heavy (non-hydrogen) atoms. The Hall–Kier alpha value is 0.850. The maximum atomic E-state index is 11.3. The second kappa shape index (κ2) is 11.3. The maximum absolute atomic E-state index is 11.3. The van der Waals surface area contributed by atoms with Crippen molar-refractivity contribution in [2.45, 2.75) is 93.8 Å². The van der Waals surface area contributed by atoms with Gasteiger partial charge < -0.3 is 15.6 Å². The van der Waals surface area contributed by atoms with Crippen molar-refractivity contribution in [2.75, 3.05) is 0 Å². The van der Waals surface area contributed by atoms with Gasteiger partial charge in [0.1, 0.15) is 6.04 Å². The first kappa shape index (κ1) is 27.1. The van der Waals surface area contributed by atoms with Crippen LogP contribution in [0.3, 0.4) is 0 Å². The Balaban J connectivity index is 2.18. The lowest BCUT2D eigenvalue weighted by Crippen LogP contribution is -2.55. The zero-order valence-electron chi connectivity index (χ0n) is 19.7. The lowest BCUT2D eigenvalue weighted by Gasteiger charge is -2.52. The molecule has 0 aliphatic heterocycles. The van der Waals surface area contributed by atoms with Crippen LogP contribution < -0.4 is 5.73 Å². The summed E-state index contributed by atoms with van der Waals surface area (Å²) in [5.74, 6) is 3.54. The predicted molar refractivity (Wildman–Crippen MR) is 141 cm³/mol. The third kappa shape index (κ3) is 5.66. The van der Waals surface area contributed by atoms with Crippen LogP contribution in [0.2, 0.25) is 0 Å². The first-order chi connectivity index (χ1) is 13.9. The van der Waals surface area contributed by atoms with E-state index < -0.39 is 12.0 Å². The molecule has 0 aromatic heterocycles. The molecule has 0 aromatic rings. The van der Waals surface area contributed by atoms with E-state index in [0.717, 1.165) is 11.8 Å². The first-order valence-corrected chi connectivity index (χ1v) is 14.3. The molecule has 0 aromatic carbocycles. The molecule has 0 heterocycles. The molecule has 2 fully saturated rings. The van der Waals surface area contributed by atoms with Crippen molar-refractivity contribution in [3.05, 3.63) is 0 Å². The molecule has 176 valence electrons. The molecule has 2 saturated carbocycles. The fourth-order valence-electron chi connectivity index (χ4n) is 6.66. The van der Waals surface area contributed by atoms with Gasteiger partial charge in [-0.25, -0.2) is 0 Å². The van der Waals surface area contributed by atoms with Crippen LogP contribution in [0, 0.1) is 47.3 Å². The molecule has 0 bridgehead atoms. The van der Waals surface area contributed by atoms with Crippen molar-refractivity contribution in [3.8, 4) is 0 Å². The molecule has 2 aliphatic rings. The Labute approximate surface area is 211 Å². The summed E-state index contributed by atoms with van der Waals surface area (Å²) in [4.78, 5) is 11.3. The average molecular weight is 647 g/mol. The standard InChI is InChI=1S/C24H43I2NO3/c1-8-16-9-12(4)22(15(7)19(16)11(2)3)30-23-20(25)13(5)17(14(6)21(23)26)10-18(27)24(28)29/h11-23H,8-10,27H2,1-7H3,(H,28,29). The van der Waals surface area contributed by atoms with Gasteiger partial charge in [0.25, 0.3) is 0 Å². The molecule has 6 heteroatoms. The number of halogens is 2. The molecule has 0 radical (unpaired) electrons. The van der Waals surface area contributed by atoms with Gasteiger partial charge in [0, 0.05) is 7.85 Å². The van der Waals surface area contributed by atoms with Crippen molar-refractivity contribution in [2.24, 2.45) is 53.1 Å². The lowest BCUT2D eigenvalue weighted by atomic mass is 9.62. The van der Waals surface area contributed by atoms with Crippen LogP contribution in [0.5, 0.6) is 0 Å². The number of hydrogen-bond donors (Lipinski definition) is 2. The molecule has 2 rings (SSSR count). The number of ether oxygens (including phenoxy) is 1. The normalized spacial score (nSPS) is 46.0. The van der Waals surface area contributed by atoms with E-state index in [1.54, 1.807) is 0 Å². The number of carboxylic acids is 1. The number of nitrogens with two attached hydrogens (primary N) is 1. The SMILES string of the molecule is CCC1CC(C)C(OC2C(I)C(C)C(CC(N)C(=O)O)C(C)C2I)C(C)C1C(C)C. The topological polar surface area (TPSA) is 72.5 Å². The average Bonchev–Trinajstić information content (AvgIpc) is 2.67. The summed E-state index contributed by atoms with van der Waals surface area (Å²) in [6.45, 7) is 16.4. The van der Waals surface area contributed by atoms with Gasteiger partial charge in [0.05, 0.1) is 12.2 Å². The van der Waals surface area contributed by atoms with E-state index in [1.165, 1.54) is 12.8 Å². The monoisotopic (exact) mass is 647 g/mol. The maximum Gasteiger partial charge on any atom is 0.320 e. The molecule has 2 aliphatic carbocycles. The summed E-state index contributed by atoms with van der Waals surface area (Å²) < 4.78 is 7.77. The number of hydrogen-bond acceptors (Lipinski definition) is 3. The summed E-state index contributed by atoms with van der Waals surface area (Å²) in [6, 6.07) is -0.777. The van der Waals surface area contributed by atoms with E-state index in [1.807, 2.05) is 0 Å². The Bertz CT molecular complexity index is 559. The van der Waals surface area contributed by atoms with Crippen molar-refractivity contribution >= 4 is 51.2 Å². The zero-order valence-corrected chi connectivity index (χ0v) is 24.0. The molecular formula is C24H43I2NO3. The second-order valence-electron chi connectivity index (χ2n) is 10.6. The van der Waals surface area contributed by atoms with Gasteiger partial charge in [-0.2, -0.15) is 0 Å². The molecule has 3 N–H and O–H groups in total. The van der Waals surface area contributed by atoms with Gasteiger partial charge in [-0.1, -0.05) is 100 Å². The van der Waals surface area contributed by atoms with E-state index in [0.29, 0.717) is 55.9 Å². The minimum Gasteiger partial charge on any atom is -0.480 e. The molecule has 10 atom stereocenters. The van der Waals surface area contributed by atoms with Crippen LogP contribution in [0.25, 0.3) is 0 Å². The Morgan fingerprint density at radius 2 is 1.60 bits per heavy atom. The molecular weight excluding hydrogens is 604 g/mol. The highest BCUT2D eigenvalue weighted by molar-refractivity contribution is 14.1. The van der Waals surface area contributed by atoms with E-state index >= 15 is 0 Å². The summed E-state index contributed by atoms with van der Waals surface area (Å²) in [5.41, 5.74) is 5.92. The third-order valence-electron chi connectivity index (χ3n) is 8.34. The van der Waals surface area contributed by atoms with E-state index in [4.69, 9.17) is 10.5 Å². The molecule has 0 amide bonds. The van der Waals surface area contributed by atoms with Gasteiger partial charge in [-0.3, -0.25) is 4.79 Å². The predicted octanol–water partition coefficient (Wildman–Crippen LogP) is 6.03. The Morgan fingerprint density at radius 1 is 1.07 bits per heavy atom. The first-order valence-electron chi connectivity index (χ1n) is 11.8. The van der Waals surface area contributed by atoms with Crippen molar-refractivity contribution < 1.29 is 14.6 Å². The van der Waals surface area contributed by atoms with Crippen LogP contribution in [0.15, 0.2) is 0 Å². The molecule has 0 spiro atoms. The summed E-state index contributed by atoms with van der Waals surface area (Å²) >= 11 is 5.14. The minimum atomic E-state index is -0.891. The van der Waals surface area contributed by atoms with E-state index in [2.05, 4.69) is 93.6 Å². The Morgan fingerprint density at radius 3 is 2.03 bits per heavy atom. The molecule has 0 saturated heterocycles. The zero-order chi connectivity index (χ0) is 22.9. The summed E-state index contributed by atoms with van der Waals surface area (Å²) in [5, 5.41) is 9.30. The highest BCUT2D eigenvalue weighted by Crippen LogP contribution is 2.49. The highest BCUT2D eigenvalue weighted by Gasteiger charge is 2.49. The largest absolute Gasteiger partial charge is 0.480 e. The van der Waals surface area contributed by atoms with Gasteiger partial charge in [0.2, 0.25) is 0 Å². The Kier molecular flexibility index (Phi) is 10.2. The molecule has 4 nitrogen and oxygen atoms in total. The quantitative estimate of drug-likeness (QED) is 0.262. The van der Waals surface area contributed by atoms with Gasteiger partial charge >= 0.3 is 5.97 Å². The van der Waals surface area contributed by atoms with Crippen molar-refractivity contribution in [3.63, 3.8) is 0 Å². The third-order valence-corrected chi connectivity index (χ3v) is 12.0. The van der Waals surface area contributed by atoms with E-state index in [-0.39, 0.29) is 6.10 Å². The minimum absolute atomic E-state index is 0.203. The van der Waals surface area contributed by atoms with Crippen molar-refractivity contribution in [1.29, 1.82) is 0 Å². The second-order valence-corrected chi connectivity index (χ2v) is 13.5. The van der Waals surface area contributed by atoms with Gasteiger partial charge in [-0.15, -0.1) is 0 Å². The van der Waals surface area contributed by atoms with Crippen LogP contribution >= 0.6 is 45.2 Å². The number of rotatable bonds is 7. The smallest absolute Gasteiger partial charge is 0.320 e. The fraction of sp³-hybridized carbons (Fsp3) is 0.958. The number of carbonyl (C=O) groups is 1. The highest BCUT2D eigenvalue weighted by atomic mass is 127. The fourth-order valence-corrected chi connectivity index (χ4v) is 9.76. The van der Waals surface area contributed by atoms with Gasteiger partial charge in [-0.05, 0) is 60.2 Å². The number of carboxylic acid groups (broad SMARTS) is 1. The van der Waals surface area contributed by atoms with Crippen LogP contribution in [0.4, 0.5) is 0 Å².